The van der Waals surface area contributed by atoms with Crippen molar-refractivity contribution in [3.63, 3.8) is 0 Å². The molecule has 0 spiro atoms. The Labute approximate surface area is 150 Å². The number of hydrogen-bond donors (Lipinski definition) is 1. The molecular weight excluding hydrogens is 306 g/mol. The molecule has 0 bridgehead atoms. The van der Waals surface area contributed by atoms with Crippen LogP contribution in [0, 0.1) is 5.41 Å². The Hall–Kier alpha value is -1.58. The zero-order valence-corrected chi connectivity index (χ0v) is 15.5. The second-order valence-electron chi connectivity index (χ2n) is 8.01. The van der Waals surface area contributed by atoms with Gasteiger partial charge in [-0.1, -0.05) is 38.1 Å². The topological polar surface area (TPSA) is 20.2 Å². The first-order valence-corrected chi connectivity index (χ1v) is 10.1. The summed E-state index contributed by atoms with van der Waals surface area (Å²) < 4.78 is 2.61. The van der Waals surface area contributed by atoms with E-state index in [2.05, 4.69) is 59.0 Å². The Morgan fingerprint density at radius 1 is 1.20 bits per heavy atom. The summed E-state index contributed by atoms with van der Waals surface area (Å²) in [6, 6.07) is 9.64. The number of benzene rings is 1. The number of para-hydroxylation sites is 1. The summed E-state index contributed by atoms with van der Waals surface area (Å²) in [6.45, 7) is 9.09. The van der Waals surface area contributed by atoms with Crippen LogP contribution >= 0.6 is 0 Å². The van der Waals surface area contributed by atoms with Crippen molar-refractivity contribution in [2.45, 2.75) is 45.6 Å². The molecule has 0 amide bonds. The van der Waals surface area contributed by atoms with Crippen LogP contribution in [0.5, 0.6) is 0 Å². The van der Waals surface area contributed by atoms with E-state index in [1.807, 2.05) is 0 Å². The molecule has 3 aliphatic rings. The van der Waals surface area contributed by atoms with E-state index in [0.717, 1.165) is 13.1 Å². The average Bonchev–Trinajstić information content (AvgIpc) is 3.00. The van der Waals surface area contributed by atoms with Crippen LogP contribution in [0.2, 0.25) is 0 Å². The third-order valence-electron chi connectivity index (χ3n) is 6.88. The van der Waals surface area contributed by atoms with Gasteiger partial charge in [-0.25, -0.2) is 0 Å². The Balaban J connectivity index is 1.81. The van der Waals surface area contributed by atoms with Crippen LogP contribution in [-0.2, 0) is 6.42 Å². The van der Waals surface area contributed by atoms with E-state index in [9.17, 15) is 0 Å². The van der Waals surface area contributed by atoms with Crippen molar-refractivity contribution in [3.8, 4) is 0 Å². The fourth-order valence-corrected chi connectivity index (χ4v) is 5.77. The summed E-state index contributed by atoms with van der Waals surface area (Å²) in [4.78, 5) is 2.78. The van der Waals surface area contributed by atoms with Crippen molar-refractivity contribution in [2.24, 2.45) is 5.41 Å². The number of nitrogens with one attached hydrogen (secondary N) is 1. The van der Waals surface area contributed by atoms with Gasteiger partial charge < -0.3 is 9.88 Å². The van der Waals surface area contributed by atoms with Gasteiger partial charge in [0.05, 0.1) is 11.6 Å². The number of piperidine rings is 1. The molecule has 2 atom stereocenters. The van der Waals surface area contributed by atoms with Gasteiger partial charge in [-0.15, -0.1) is 0 Å². The molecule has 0 aliphatic carbocycles. The maximum Gasteiger partial charge on any atom is 0.0599 e. The minimum Gasteiger partial charge on any atom is -0.314 e. The molecule has 1 fully saturated rings. The Morgan fingerprint density at radius 3 is 2.92 bits per heavy atom. The van der Waals surface area contributed by atoms with E-state index in [-0.39, 0.29) is 0 Å². The monoisotopic (exact) mass is 335 g/mol. The van der Waals surface area contributed by atoms with Gasteiger partial charge in [0.25, 0.3) is 0 Å². The van der Waals surface area contributed by atoms with Gasteiger partial charge in [-0.05, 0) is 50.4 Å². The highest BCUT2D eigenvalue weighted by Crippen LogP contribution is 2.56. The number of fused-ring (bicyclic) bond motifs is 3. The molecule has 3 nitrogen and oxygen atoms in total. The highest BCUT2D eigenvalue weighted by Gasteiger charge is 2.49. The third kappa shape index (κ3) is 2.06. The van der Waals surface area contributed by atoms with Crippen LogP contribution in [0.1, 0.15) is 50.4 Å². The summed E-state index contributed by atoms with van der Waals surface area (Å²) in [5, 5.41) is 5.08. The summed E-state index contributed by atoms with van der Waals surface area (Å²) >= 11 is 0. The van der Waals surface area contributed by atoms with Crippen LogP contribution in [0.15, 0.2) is 30.3 Å². The molecule has 0 radical (unpaired) electrons. The molecule has 2 aromatic rings. The van der Waals surface area contributed by atoms with Gasteiger partial charge in [0, 0.05) is 35.3 Å². The first-order chi connectivity index (χ1) is 12.3. The van der Waals surface area contributed by atoms with Crippen molar-refractivity contribution < 1.29 is 0 Å². The fraction of sp³-hybridized carbons (Fsp3) is 0.545. The number of nitrogens with zero attached hydrogens (tertiary/aromatic N) is 2. The van der Waals surface area contributed by atoms with Gasteiger partial charge in [0.2, 0.25) is 0 Å². The molecule has 25 heavy (non-hydrogen) atoms. The van der Waals surface area contributed by atoms with Crippen molar-refractivity contribution in [3.05, 3.63) is 41.6 Å². The van der Waals surface area contributed by atoms with Crippen molar-refractivity contribution in [2.75, 3.05) is 26.2 Å². The first-order valence-electron chi connectivity index (χ1n) is 10.1. The molecule has 5 rings (SSSR count). The zero-order chi connectivity index (χ0) is 17.0. The molecule has 3 aliphatic heterocycles. The maximum absolute atomic E-state index is 3.60. The SMILES string of the molecule is CCNCC1=C[C@]2(CC)CCCN3CCc4c(n1c1ccccc41)[C@@H]32. The van der Waals surface area contributed by atoms with E-state index in [4.69, 9.17) is 0 Å². The van der Waals surface area contributed by atoms with Crippen LogP contribution < -0.4 is 5.32 Å². The number of likely N-dealkylation sites (N-methyl/N-ethyl adjacent to an activating group) is 1. The van der Waals surface area contributed by atoms with Crippen molar-refractivity contribution in [1.29, 1.82) is 0 Å². The van der Waals surface area contributed by atoms with Crippen LogP contribution in [0.4, 0.5) is 0 Å². The molecule has 4 heterocycles. The second-order valence-corrected chi connectivity index (χ2v) is 8.01. The molecule has 0 saturated carbocycles. The van der Waals surface area contributed by atoms with Gasteiger partial charge in [-0.3, -0.25) is 4.90 Å². The van der Waals surface area contributed by atoms with Crippen molar-refractivity contribution in [1.82, 2.24) is 14.8 Å². The lowest BCUT2D eigenvalue weighted by atomic mass is 9.66. The quantitative estimate of drug-likeness (QED) is 0.904. The maximum atomic E-state index is 3.60. The van der Waals surface area contributed by atoms with E-state index in [0.29, 0.717) is 11.5 Å². The van der Waals surface area contributed by atoms with Gasteiger partial charge in [-0.2, -0.15) is 0 Å². The lowest BCUT2D eigenvalue weighted by Gasteiger charge is -2.53. The highest BCUT2D eigenvalue weighted by atomic mass is 15.2. The molecule has 1 aromatic heterocycles. The predicted octanol–water partition coefficient (Wildman–Crippen LogP) is 4.19. The third-order valence-corrected chi connectivity index (χ3v) is 6.88. The fourth-order valence-electron chi connectivity index (χ4n) is 5.77. The number of hydrogen-bond acceptors (Lipinski definition) is 2. The first kappa shape index (κ1) is 15.7. The molecule has 3 heteroatoms. The molecule has 0 unspecified atom stereocenters. The summed E-state index contributed by atoms with van der Waals surface area (Å²) in [5.74, 6) is 0. The Kier molecular flexibility index (Phi) is 3.58. The van der Waals surface area contributed by atoms with E-state index >= 15 is 0 Å². The van der Waals surface area contributed by atoms with E-state index in [1.54, 1.807) is 11.3 Å². The largest absolute Gasteiger partial charge is 0.314 e. The van der Waals surface area contributed by atoms with E-state index < -0.39 is 0 Å². The lowest BCUT2D eigenvalue weighted by Crippen LogP contribution is -2.51. The minimum atomic E-state index is 0.322. The highest BCUT2D eigenvalue weighted by molar-refractivity contribution is 5.90. The smallest absolute Gasteiger partial charge is 0.0599 e. The molecule has 1 aromatic carbocycles. The minimum absolute atomic E-state index is 0.322. The summed E-state index contributed by atoms with van der Waals surface area (Å²) in [6.07, 6.45) is 7.77. The van der Waals surface area contributed by atoms with Crippen LogP contribution in [0.25, 0.3) is 16.6 Å². The Bertz CT molecular complexity index is 846. The van der Waals surface area contributed by atoms with Gasteiger partial charge >= 0.3 is 0 Å². The van der Waals surface area contributed by atoms with Crippen molar-refractivity contribution >= 4 is 16.6 Å². The predicted molar refractivity (Wildman–Crippen MR) is 105 cm³/mol. The normalized spacial score (nSPS) is 28.1. The Morgan fingerprint density at radius 2 is 2.08 bits per heavy atom. The average molecular weight is 335 g/mol. The molecular formula is C22H29N3. The number of aromatic nitrogens is 1. The number of rotatable bonds is 4. The summed E-state index contributed by atoms with van der Waals surface area (Å²) in [5.41, 5.74) is 6.45. The zero-order valence-electron chi connectivity index (χ0n) is 15.5. The van der Waals surface area contributed by atoms with Crippen LogP contribution in [-0.4, -0.2) is 35.6 Å². The van der Waals surface area contributed by atoms with Gasteiger partial charge in [0.15, 0.2) is 0 Å². The molecule has 1 saturated heterocycles. The standard InChI is InChI=1S/C22H29N3/c1-3-22-11-7-12-24-13-10-18-17-8-5-6-9-19(17)25(20(18)21(22)24)16(14-22)15-23-4-2/h5-6,8-9,14,21,23H,3-4,7,10-13,15H2,1-2H3/t21-,22+/m1/s1. The van der Waals surface area contributed by atoms with E-state index in [1.165, 1.54) is 55.4 Å². The van der Waals surface area contributed by atoms with Gasteiger partial charge in [0.1, 0.15) is 0 Å². The second kappa shape index (κ2) is 5.72. The molecule has 1 N–H and O–H groups in total. The molecule has 132 valence electrons. The summed E-state index contributed by atoms with van der Waals surface area (Å²) in [7, 11) is 0. The lowest BCUT2D eigenvalue weighted by molar-refractivity contribution is 0.0268. The van der Waals surface area contributed by atoms with Crippen LogP contribution in [0.3, 0.4) is 0 Å².